The van der Waals surface area contributed by atoms with Gasteiger partial charge in [-0.25, -0.2) is 0 Å². The van der Waals surface area contributed by atoms with Crippen LogP contribution in [0.4, 0.5) is 34.1 Å². The van der Waals surface area contributed by atoms with Crippen molar-refractivity contribution in [3.8, 4) is 11.1 Å². The third-order valence-corrected chi connectivity index (χ3v) is 16.3. The topological polar surface area (TPSA) is 15.7 Å². The van der Waals surface area contributed by atoms with Gasteiger partial charge < -0.3 is 14.5 Å². The second-order valence-electron chi connectivity index (χ2n) is 23.8. The van der Waals surface area contributed by atoms with Gasteiger partial charge >= 0.3 is 0 Å². The summed E-state index contributed by atoms with van der Waals surface area (Å²) in [6.07, 6.45) is 0. The molecule has 0 unspecified atom stereocenters. The Morgan fingerprint density at radius 1 is 0.516 bits per heavy atom. The molecule has 4 aliphatic rings. The molecule has 11 rings (SSSR count). The number of hydrogen-bond acceptors (Lipinski definition) is 4. The van der Waals surface area contributed by atoms with Crippen molar-refractivity contribution >= 4 is 78.0 Å². The summed E-state index contributed by atoms with van der Waals surface area (Å²) >= 11 is 2.01. The molecule has 0 spiro atoms. The molecule has 0 N–H and O–H groups in total. The number of thiophene rings is 1. The van der Waals surface area contributed by atoms with Gasteiger partial charge in [-0.2, -0.15) is 0 Å². The van der Waals surface area contributed by atoms with Crippen molar-refractivity contribution in [2.75, 3.05) is 9.80 Å². The van der Waals surface area contributed by atoms with Crippen molar-refractivity contribution < 1.29 is 4.74 Å². The molecule has 1 aliphatic carbocycles. The van der Waals surface area contributed by atoms with Crippen LogP contribution in [0.25, 0.3) is 21.2 Å². The van der Waals surface area contributed by atoms with Gasteiger partial charge in [-0.15, -0.1) is 11.3 Å². The lowest BCUT2D eigenvalue weighted by Gasteiger charge is -2.45. The van der Waals surface area contributed by atoms with Gasteiger partial charge in [-0.3, -0.25) is 0 Å². The number of anilines is 6. The number of nitrogens with zero attached hydrogens (tertiary/aromatic N) is 2. The summed E-state index contributed by atoms with van der Waals surface area (Å²) in [5.74, 6) is 0. The maximum absolute atomic E-state index is 7.25. The molecular weight excluding hydrogens is 796 g/mol. The average molecular weight is 859 g/mol. The first kappa shape index (κ1) is 41.6. The fourth-order valence-corrected chi connectivity index (χ4v) is 13.1. The van der Waals surface area contributed by atoms with Crippen molar-refractivity contribution in [3.63, 3.8) is 0 Å². The highest BCUT2D eigenvalue weighted by Gasteiger charge is 2.53. The molecule has 3 aliphatic heterocycles. The lowest BCUT2D eigenvalue weighted by molar-refractivity contribution is -0.105. The van der Waals surface area contributed by atoms with Crippen LogP contribution >= 0.6 is 11.3 Å². The summed E-state index contributed by atoms with van der Waals surface area (Å²) in [7, 11) is 0. The standard InChI is InChI=1S/C59H63BN2OS/c1-54(2,3)34-20-25-37(26-21-34)61-46-29-24-36(56(7,8)9)30-45(46)60-50-47(61)32-44-49(59(14,15)63-58(44,12)13)52(50)62(38-27-22-35(23-28-38)55(4,5)6)51-41-31-40-39-18-16-17-19-42(39)57(10,11)43(40)33-48(41)64-53(51)60/h16-33H,1-15H3. The van der Waals surface area contributed by atoms with Gasteiger partial charge in [0.1, 0.15) is 0 Å². The smallest absolute Gasteiger partial charge is 0.264 e. The highest BCUT2D eigenvalue weighted by Crippen LogP contribution is 2.59. The number of fused-ring (bicyclic) bond motifs is 11. The van der Waals surface area contributed by atoms with E-state index in [1.807, 2.05) is 11.3 Å². The zero-order valence-electron chi connectivity index (χ0n) is 40.7. The molecule has 0 fully saturated rings. The summed E-state index contributed by atoms with van der Waals surface area (Å²) in [6.45, 7) is 34.8. The van der Waals surface area contributed by atoms with Gasteiger partial charge in [0.2, 0.25) is 0 Å². The molecule has 4 heterocycles. The number of benzene rings is 6. The van der Waals surface area contributed by atoms with E-state index in [2.05, 4.69) is 223 Å². The predicted molar refractivity (Wildman–Crippen MR) is 277 cm³/mol. The lowest BCUT2D eigenvalue weighted by Crippen LogP contribution is -2.61. The zero-order valence-corrected chi connectivity index (χ0v) is 41.5. The fraction of sp³-hybridized carbons (Fsp3) is 0.356. The first-order valence-electron chi connectivity index (χ1n) is 23.5. The molecule has 0 radical (unpaired) electrons. The Morgan fingerprint density at radius 3 is 1.70 bits per heavy atom. The first-order valence-corrected chi connectivity index (χ1v) is 24.3. The number of hydrogen-bond donors (Lipinski definition) is 0. The van der Waals surface area contributed by atoms with Gasteiger partial charge in [-0.1, -0.05) is 137 Å². The average Bonchev–Trinajstić information content (AvgIpc) is 3.76. The third-order valence-electron chi connectivity index (χ3n) is 15.1. The summed E-state index contributed by atoms with van der Waals surface area (Å²) in [5.41, 5.74) is 21.1. The van der Waals surface area contributed by atoms with E-state index in [1.54, 1.807) is 0 Å². The quantitative estimate of drug-likeness (QED) is 0.161. The van der Waals surface area contributed by atoms with Crippen LogP contribution in [0.5, 0.6) is 0 Å². The summed E-state index contributed by atoms with van der Waals surface area (Å²) in [5, 5.41) is 1.32. The van der Waals surface area contributed by atoms with E-state index in [9.17, 15) is 0 Å². The summed E-state index contributed by atoms with van der Waals surface area (Å²) in [6, 6.07) is 43.0. The number of rotatable bonds is 2. The molecule has 3 nitrogen and oxygen atoms in total. The van der Waals surface area contributed by atoms with Crippen LogP contribution in [0.15, 0.2) is 109 Å². The van der Waals surface area contributed by atoms with Crippen molar-refractivity contribution in [1.29, 1.82) is 0 Å². The monoisotopic (exact) mass is 858 g/mol. The van der Waals surface area contributed by atoms with Gasteiger partial charge in [-0.05, 0) is 148 Å². The molecule has 0 saturated carbocycles. The first-order chi connectivity index (χ1) is 29.9. The van der Waals surface area contributed by atoms with Crippen LogP contribution in [0.2, 0.25) is 0 Å². The Hall–Kier alpha value is -5.10. The van der Waals surface area contributed by atoms with Crippen LogP contribution < -0.4 is 25.5 Å². The molecule has 1 aromatic heterocycles. The summed E-state index contributed by atoms with van der Waals surface area (Å²) < 4.78 is 10.00. The molecule has 6 aromatic carbocycles. The minimum Gasteiger partial charge on any atom is -0.360 e. The molecule has 7 aromatic rings. The van der Waals surface area contributed by atoms with Crippen LogP contribution in [-0.2, 0) is 37.6 Å². The minimum atomic E-state index is -0.558. The minimum absolute atomic E-state index is 0.00449. The largest absolute Gasteiger partial charge is 0.360 e. The Kier molecular flexibility index (Phi) is 8.48. The highest BCUT2D eigenvalue weighted by molar-refractivity contribution is 7.33. The Balaban J connectivity index is 1.31. The van der Waals surface area contributed by atoms with Gasteiger partial charge in [0, 0.05) is 48.6 Å². The Labute approximate surface area is 386 Å². The van der Waals surface area contributed by atoms with Gasteiger partial charge in [0.15, 0.2) is 0 Å². The molecule has 0 bridgehead atoms. The van der Waals surface area contributed by atoms with Gasteiger partial charge in [0.05, 0.1) is 22.6 Å². The van der Waals surface area contributed by atoms with E-state index < -0.39 is 11.2 Å². The molecule has 5 heteroatoms. The number of ether oxygens (including phenoxy) is 1. The maximum Gasteiger partial charge on any atom is 0.264 e. The van der Waals surface area contributed by atoms with E-state index in [0.29, 0.717) is 0 Å². The zero-order chi connectivity index (χ0) is 45.4. The van der Waals surface area contributed by atoms with E-state index in [0.717, 1.165) is 0 Å². The Morgan fingerprint density at radius 2 is 1.09 bits per heavy atom. The van der Waals surface area contributed by atoms with Crippen LogP contribution in [0, 0.1) is 0 Å². The lowest BCUT2D eigenvalue weighted by atomic mass is 9.35. The molecule has 324 valence electrons. The van der Waals surface area contributed by atoms with Gasteiger partial charge in [0.25, 0.3) is 6.71 Å². The summed E-state index contributed by atoms with van der Waals surface area (Å²) in [4.78, 5) is 5.26. The molecule has 0 saturated heterocycles. The van der Waals surface area contributed by atoms with Crippen molar-refractivity contribution in [3.05, 3.63) is 148 Å². The third kappa shape index (κ3) is 5.81. The molecule has 64 heavy (non-hydrogen) atoms. The molecular formula is C59H63BN2OS. The SMILES string of the molecule is CC(C)(C)c1ccc(N2c3ccc(C(C)(C)C)cc3B3c4sc5cc6c(cc5c4N(c4ccc(C(C)(C)C)cc4)c4c3c2cc2c4C(C)(C)OC2(C)C)-c2ccccc2C6(C)C)cc1. The van der Waals surface area contributed by atoms with E-state index in [4.69, 9.17) is 4.74 Å². The second kappa shape index (κ2) is 13.0. The molecule has 0 atom stereocenters. The van der Waals surface area contributed by atoms with E-state index in [-0.39, 0.29) is 28.4 Å². The van der Waals surface area contributed by atoms with Crippen molar-refractivity contribution in [2.24, 2.45) is 0 Å². The highest BCUT2D eigenvalue weighted by atomic mass is 32.1. The van der Waals surface area contributed by atoms with Crippen LogP contribution in [-0.4, -0.2) is 6.71 Å². The van der Waals surface area contributed by atoms with E-state index in [1.165, 1.54) is 110 Å². The van der Waals surface area contributed by atoms with Crippen LogP contribution in [0.1, 0.15) is 143 Å². The Bertz CT molecular complexity index is 3110. The normalized spacial score (nSPS) is 17.5. The predicted octanol–water partition coefficient (Wildman–Crippen LogP) is 14.7. The fourth-order valence-electron chi connectivity index (χ4n) is 11.8. The van der Waals surface area contributed by atoms with Crippen molar-refractivity contribution in [2.45, 2.75) is 137 Å². The second-order valence-corrected chi connectivity index (χ2v) is 24.9. The maximum atomic E-state index is 7.25. The molecule has 0 amide bonds. The van der Waals surface area contributed by atoms with E-state index >= 15 is 0 Å². The van der Waals surface area contributed by atoms with Crippen molar-refractivity contribution in [1.82, 2.24) is 0 Å². The van der Waals surface area contributed by atoms with Crippen LogP contribution in [0.3, 0.4) is 0 Å².